The second-order valence-corrected chi connectivity index (χ2v) is 5.07. The molecule has 0 aliphatic heterocycles. The smallest absolute Gasteiger partial charge is 0.393 e. The number of halogens is 3. The Kier molecular flexibility index (Phi) is 4.81. The maximum absolute atomic E-state index is 12.2. The van der Waals surface area contributed by atoms with Crippen molar-refractivity contribution < 1.29 is 27.6 Å². The van der Waals surface area contributed by atoms with Crippen LogP contribution in [-0.2, 0) is 17.4 Å². The number of carbonyl (C=O) groups is 1. The van der Waals surface area contributed by atoms with Gasteiger partial charge in [0.2, 0.25) is 5.91 Å². The van der Waals surface area contributed by atoms with Gasteiger partial charge in [-0.25, -0.2) is 0 Å². The molecule has 1 aliphatic carbocycles. The molecule has 0 spiro atoms. The lowest BCUT2D eigenvalue weighted by Crippen LogP contribution is -2.36. The molecule has 1 amide bonds. The lowest BCUT2D eigenvalue weighted by atomic mass is 9.87. The monoisotopic (exact) mass is 307 g/mol. The summed E-state index contributed by atoms with van der Waals surface area (Å²) < 4.78 is 40.8. The van der Waals surface area contributed by atoms with Crippen molar-refractivity contribution in [1.82, 2.24) is 15.5 Å². The minimum Gasteiger partial charge on any atom is -0.393 e. The fourth-order valence-electron chi connectivity index (χ4n) is 2.31. The number of nitrogens with zero attached hydrogens (tertiary/aromatic N) is 2. The van der Waals surface area contributed by atoms with Gasteiger partial charge in [0, 0.05) is 18.9 Å². The number of rotatable bonds is 4. The number of aromatic nitrogens is 2. The van der Waals surface area contributed by atoms with E-state index in [4.69, 9.17) is 0 Å². The van der Waals surface area contributed by atoms with Crippen LogP contribution in [0.3, 0.4) is 0 Å². The molecule has 1 saturated carbocycles. The third-order valence-electron chi connectivity index (χ3n) is 3.38. The minimum atomic E-state index is -4.66. The molecule has 2 N–H and O–H groups in total. The second kappa shape index (κ2) is 6.42. The van der Waals surface area contributed by atoms with E-state index in [1.165, 1.54) is 0 Å². The summed E-state index contributed by atoms with van der Waals surface area (Å²) in [5, 5.41) is 15.3. The first-order valence-electron chi connectivity index (χ1n) is 6.72. The van der Waals surface area contributed by atoms with Crippen LogP contribution in [0.25, 0.3) is 0 Å². The maximum atomic E-state index is 12.2. The number of aliphatic hydroxyl groups is 1. The molecule has 0 saturated heterocycles. The summed E-state index contributed by atoms with van der Waals surface area (Å²) in [5.74, 6) is -1.94. The van der Waals surface area contributed by atoms with Crippen LogP contribution in [0.2, 0.25) is 0 Å². The van der Waals surface area contributed by atoms with E-state index < -0.39 is 18.2 Å². The Morgan fingerprint density at radius 3 is 2.81 bits per heavy atom. The zero-order valence-corrected chi connectivity index (χ0v) is 11.2. The number of hydrogen-bond acceptors (Lipinski definition) is 5. The van der Waals surface area contributed by atoms with Crippen LogP contribution >= 0.6 is 0 Å². The molecule has 0 bridgehead atoms. The Labute approximate surface area is 118 Å². The van der Waals surface area contributed by atoms with Gasteiger partial charge in [0.05, 0.1) is 6.10 Å². The summed E-state index contributed by atoms with van der Waals surface area (Å²) in [7, 11) is 0. The molecular formula is C12H16F3N3O3. The first-order valence-corrected chi connectivity index (χ1v) is 6.72. The van der Waals surface area contributed by atoms with Gasteiger partial charge in [-0.2, -0.15) is 18.2 Å². The van der Waals surface area contributed by atoms with Crippen molar-refractivity contribution in [3.63, 3.8) is 0 Å². The average Bonchev–Trinajstić information content (AvgIpc) is 2.87. The molecule has 0 radical (unpaired) electrons. The Morgan fingerprint density at radius 1 is 1.43 bits per heavy atom. The van der Waals surface area contributed by atoms with Gasteiger partial charge in [-0.1, -0.05) is 11.6 Å². The number of alkyl halides is 3. The van der Waals surface area contributed by atoms with Crippen LogP contribution in [-0.4, -0.2) is 33.8 Å². The van der Waals surface area contributed by atoms with Gasteiger partial charge in [-0.05, 0) is 19.3 Å². The predicted molar refractivity (Wildman–Crippen MR) is 64.0 cm³/mol. The third kappa shape index (κ3) is 4.42. The molecular weight excluding hydrogens is 291 g/mol. The number of aliphatic hydroxyl groups excluding tert-OH is 1. The van der Waals surface area contributed by atoms with E-state index in [1.54, 1.807) is 0 Å². The quantitative estimate of drug-likeness (QED) is 0.875. The van der Waals surface area contributed by atoms with E-state index in [2.05, 4.69) is 20.0 Å². The van der Waals surface area contributed by atoms with Gasteiger partial charge in [-0.3, -0.25) is 4.79 Å². The minimum absolute atomic E-state index is 0.0561. The second-order valence-electron chi connectivity index (χ2n) is 5.07. The van der Waals surface area contributed by atoms with Crippen molar-refractivity contribution in [3.05, 3.63) is 11.7 Å². The summed E-state index contributed by atoms with van der Waals surface area (Å²) in [6, 6.07) is 0. The van der Waals surface area contributed by atoms with Gasteiger partial charge >= 0.3 is 12.1 Å². The molecule has 1 heterocycles. The highest BCUT2D eigenvalue weighted by atomic mass is 19.4. The van der Waals surface area contributed by atoms with Crippen LogP contribution in [0.1, 0.15) is 37.4 Å². The summed E-state index contributed by atoms with van der Waals surface area (Å²) in [5.41, 5.74) is 0. The summed E-state index contributed by atoms with van der Waals surface area (Å²) in [6.07, 6.45) is -2.43. The normalized spacial score (nSPS) is 23.0. The van der Waals surface area contributed by atoms with Crippen molar-refractivity contribution in [2.45, 2.75) is 44.4 Å². The predicted octanol–water partition coefficient (Wildman–Crippen LogP) is 1.30. The van der Waals surface area contributed by atoms with Gasteiger partial charge < -0.3 is 14.9 Å². The molecule has 1 aromatic rings. The summed E-state index contributed by atoms with van der Waals surface area (Å²) >= 11 is 0. The van der Waals surface area contributed by atoms with Crippen LogP contribution in [0.15, 0.2) is 4.52 Å². The fraction of sp³-hybridized carbons (Fsp3) is 0.750. The number of amides is 1. The van der Waals surface area contributed by atoms with Gasteiger partial charge in [0.15, 0.2) is 5.82 Å². The largest absolute Gasteiger partial charge is 0.471 e. The zero-order valence-electron chi connectivity index (χ0n) is 11.2. The van der Waals surface area contributed by atoms with E-state index in [9.17, 15) is 23.1 Å². The van der Waals surface area contributed by atoms with Crippen molar-refractivity contribution >= 4 is 5.91 Å². The standard InChI is InChI=1S/C12H16F3N3O3/c13-12(14,15)11-17-9(18-21-11)4-5-16-10(20)7-2-1-3-8(19)6-7/h7-8,19H,1-6H2,(H,16,20)/t7-,8+/m0/s1. The molecule has 1 aliphatic rings. The van der Waals surface area contributed by atoms with Gasteiger partial charge in [0.1, 0.15) is 0 Å². The van der Waals surface area contributed by atoms with E-state index >= 15 is 0 Å². The molecule has 1 aromatic heterocycles. The average molecular weight is 307 g/mol. The van der Waals surface area contributed by atoms with Crippen LogP contribution < -0.4 is 5.32 Å². The van der Waals surface area contributed by atoms with Crippen LogP contribution in [0, 0.1) is 5.92 Å². The fourth-order valence-corrected chi connectivity index (χ4v) is 2.31. The van der Waals surface area contributed by atoms with E-state index in [-0.39, 0.29) is 30.6 Å². The van der Waals surface area contributed by atoms with E-state index in [0.717, 1.165) is 6.42 Å². The Bertz CT molecular complexity index is 490. The number of carbonyl (C=O) groups excluding carboxylic acids is 1. The molecule has 2 atom stereocenters. The van der Waals surface area contributed by atoms with Crippen LogP contribution in [0.4, 0.5) is 13.2 Å². The Morgan fingerprint density at radius 2 is 2.19 bits per heavy atom. The molecule has 9 heteroatoms. The van der Waals surface area contributed by atoms with Crippen molar-refractivity contribution in [1.29, 1.82) is 0 Å². The highest BCUT2D eigenvalue weighted by molar-refractivity contribution is 5.78. The zero-order chi connectivity index (χ0) is 15.5. The van der Waals surface area contributed by atoms with Crippen molar-refractivity contribution in [3.8, 4) is 0 Å². The number of nitrogens with one attached hydrogen (secondary N) is 1. The highest BCUT2D eigenvalue weighted by Gasteiger charge is 2.38. The Hall–Kier alpha value is -1.64. The van der Waals surface area contributed by atoms with Gasteiger partial charge in [-0.15, -0.1) is 0 Å². The summed E-state index contributed by atoms with van der Waals surface area (Å²) in [6.45, 7) is 0.127. The van der Waals surface area contributed by atoms with Crippen molar-refractivity contribution in [2.75, 3.05) is 6.54 Å². The first-order chi connectivity index (χ1) is 9.86. The van der Waals surface area contributed by atoms with E-state index in [1.807, 2.05) is 0 Å². The third-order valence-corrected chi connectivity index (χ3v) is 3.38. The molecule has 2 rings (SSSR count). The van der Waals surface area contributed by atoms with Gasteiger partial charge in [0.25, 0.3) is 0 Å². The highest BCUT2D eigenvalue weighted by Crippen LogP contribution is 2.27. The lowest BCUT2D eigenvalue weighted by molar-refractivity contribution is -0.159. The molecule has 1 fully saturated rings. The molecule has 0 unspecified atom stereocenters. The first kappa shape index (κ1) is 15.7. The van der Waals surface area contributed by atoms with Crippen LogP contribution in [0.5, 0.6) is 0 Å². The number of hydrogen-bond donors (Lipinski definition) is 2. The molecule has 6 nitrogen and oxygen atoms in total. The Balaban J connectivity index is 1.76. The SMILES string of the molecule is O=C(NCCc1noc(C(F)(F)F)n1)[C@H]1CCC[C@@H](O)C1. The summed E-state index contributed by atoms with van der Waals surface area (Å²) in [4.78, 5) is 15.0. The van der Waals surface area contributed by atoms with E-state index in [0.29, 0.717) is 19.3 Å². The maximum Gasteiger partial charge on any atom is 0.471 e. The molecule has 118 valence electrons. The molecule has 0 aromatic carbocycles. The topological polar surface area (TPSA) is 88.3 Å². The van der Waals surface area contributed by atoms with Crippen molar-refractivity contribution in [2.24, 2.45) is 5.92 Å². The lowest BCUT2D eigenvalue weighted by Gasteiger charge is -2.24. The molecule has 21 heavy (non-hydrogen) atoms.